The summed E-state index contributed by atoms with van der Waals surface area (Å²) in [4.78, 5) is 10.7. The second kappa shape index (κ2) is 3.08. The van der Waals surface area contributed by atoms with Gasteiger partial charge in [0, 0.05) is 12.1 Å². The van der Waals surface area contributed by atoms with E-state index in [1.165, 1.54) is 13.2 Å². The van der Waals surface area contributed by atoms with Crippen LogP contribution < -0.4 is 15.2 Å². The Hall–Kier alpha value is -1.78. The van der Waals surface area contributed by atoms with E-state index in [0.717, 1.165) is 6.20 Å². The van der Waals surface area contributed by atoms with Gasteiger partial charge in [-0.2, -0.15) is 4.73 Å². The van der Waals surface area contributed by atoms with Gasteiger partial charge in [0.2, 0.25) is 5.75 Å². The lowest BCUT2D eigenvalue weighted by Gasteiger charge is -2.04. The van der Waals surface area contributed by atoms with Crippen molar-refractivity contribution < 1.29 is 14.3 Å². The van der Waals surface area contributed by atoms with E-state index in [4.69, 9.17) is 10.5 Å². The van der Waals surface area contributed by atoms with E-state index >= 15 is 0 Å². The molecule has 0 aliphatic carbocycles. The van der Waals surface area contributed by atoms with Crippen LogP contribution in [-0.4, -0.2) is 13.0 Å². The highest BCUT2D eigenvalue weighted by Gasteiger charge is 2.18. The normalized spacial score (nSPS) is 9.42. The van der Waals surface area contributed by atoms with Crippen LogP contribution in [0.15, 0.2) is 12.3 Å². The Morgan fingerprint density at radius 1 is 1.83 bits per heavy atom. The van der Waals surface area contributed by atoms with Gasteiger partial charge in [0.1, 0.15) is 0 Å². The molecular weight excluding hydrogens is 160 g/mol. The summed E-state index contributed by atoms with van der Waals surface area (Å²) in [7, 11) is 1.33. The first kappa shape index (κ1) is 8.32. The third-order valence-corrected chi connectivity index (χ3v) is 1.30. The average molecular weight is 167 g/mol. The monoisotopic (exact) mass is 167 g/mol. The van der Waals surface area contributed by atoms with E-state index in [1.54, 1.807) is 0 Å². The molecule has 2 N–H and O–H groups in total. The third-order valence-electron chi connectivity index (χ3n) is 1.30. The molecule has 0 aliphatic rings. The Labute approximate surface area is 69.0 Å². The van der Waals surface area contributed by atoms with Gasteiger partial charge in [-0.15, -0.1) is 0 Å². The number of hydrogen-bond acceptors (Lipinski definition) is 3. The summed E-state index contributed by atoms with van der Waals surface area (Å²) >= 11 is 0. The molecule has 0 unspecified atom stereocenters. The topological polar surface area (TPSA) is 79.3 Å². The molecule has 0 atom stereocenters. The van der Waals surface area contributed by atoms with Crippen molar-refractivity contribution in [2.75, 3.05) is 7.11 Å². The lowest BCUT2D eigenvalue weighted by atomic mass is 10.3. The molecule has 0 spiro atoms. The van der Waals surface area contributed by atoms with Gasteiger partial charge in [-0.1, -0.05) is 0 Å². The second-order valence-corrected chi connectivity index (χ2v) is 2.03. The highest BCUT2D eigenvalue weighted by molar-refractivity contribution is 5.91. The average Bonchev–Trinajstić information content (AvgIpc) is 2.03. The highest BCUT2D eigenvalue weighted by Crippen LogP contribution is 2.10. The molecule has 0 aliphatic heterocycles. The number of ether oxygens (including phenoxy) is 1. The molecule has 1 radical (unpaired) electrons. The number of nitrogens with two attached hydrogens (primary N) is 1. The molecule has 1 aromatic heterocycles. The molecule has 0 bridgehead atoms. The van der Waals surface area contributed by atoms with Crippen molar-refractivity contribution in [1.82, 2.24) is 0 Å². The van der Waals surface area contributed by atoms with Crippen molar-refractivity contribution in [3.05, 3.63) is 29.2 Å². The quantitative estimate of drug-likeness (QED) is 0.464. The lowest BCUT2D eigenvalue weighted by Crippen LogP contribution is -2.37. The first-order valence-corrected chi connectivity index (χ1v) is 3.14. The first-order chi connectivity index (χ1) is 5.66. The zero-order valence-electron chi connectivity index (χ0n) is 6.40. The number of hydrogen-bond donors (Lipinski definition) is 1. The van der Waals surface area contributed by atoms with Crippen molar-refractivity contribution in [3.8, 4) is 5.75 Å². The predicted octanol–water partition coefficient (Wildman–Crippen LogP) is -0.772. The number of rotatable bonds is 2. The minimum atomic E-state index is -0.835. The number of carbonyl (C=O) groups is 1. The predicted molar refractivity (Wildman–Crippen MR) is 39.3 cm³/mol. The van der Waals surface area contributed by atoms with Crippen LogP contribution in [0.25, 0.3) is 0 Å². The lowest BCUT2D eigenvalue weighted by molar-refractivity contribution is -0.608. The highest BCUT2D eigenvalue weighted by atomic mass is 16.5. The molecule has 1 amide bonds. The summed E-state index contributed by atoms with van der Waals surface area (Å²) < 4.78 is 5.06. The number of pyridine rings is 1. The smallest absolute Gasteiger partial charge is 0.324 e. The molecule has 0 aromatic carbocycles. The molecule has 63 valence electrons. The van der Waals surface area contributed by atoms with Gasteiger partial charge >= 0.3 is 11.6 Å². The van der Waals surface area contributed by atoms with Crippen LogP contribution in [-0.2, 0) is 0 Å². The molecule has 5 nitrogen and oxygen atoms in total. The fraction of sp³-hybridized carbons (Fsp3) is 0.143. The van der Waals surface area contributed by atoms with Gasteiger partial charge < -0.3 is 15.7 Å². The summed E-state index contributed by atoms with van der Waals surface area (Å²) in [6.45, 7) is 0. The van der Waals surface area contributed by atoms with Crippen molar-refractivity contribution in [2.45, 2.75) is 0 Å². The number of aromatic nitrogens is 1. The van der Waals surface area contributed by atoms with Crippen LogP contribution in [0.1, 0.15) is 10.5 Å². The van der Waals surface area contributed by atoms with Crippen molar-refractivity contribution in [2.24, 2.45) is 5.73 Å². The minimum absolute atomic E-state index is 0.0556. The van der Waals surface area contributed by atoms with E-state index in [2.05, 4.69) is 6.07 Å². The zero-order chi connectivity index (χ0) is 9.14. The van der Waals surface area contributed by atoms with Crippen molar-refractivity contribution >= 4 is 5.91 Å². The van der Waals surface area contributed by atoms with Crippen LogP contribution in [0.4, 0.5) is 0 Å². The maximum absolute atomic E-state index is 11.0. The Balaban J connectivity index is 3.29. The fourth-order valence-corrected chi connectivity index (χ4v) is 0.800. The molecule has 1 rings (SSSR count). The van der Waals surface area contributed by atoms with E-state index in [-0.39, 0.29) is 11.4 Å². The van der Waals surface area contributed by atoms with Gasteiger partial charge in [0.25, 0.3) is 0 Å². The third kappa shape index (κ3) is 1.29. The van der Waals surface area contributed by atoms with Crippen LogP contribution in [0, 0.1) is 11.3 Å². The number of primary amides is 1. The summed E-state index contributed by atoms with van der Waals surface area (Å²) in [6.07, 6.45) is 1.13. The maximum atomic E-state index is 11.0. The van der Waals surface area contributed by atoms with E-state index in [1.807, 2.05) is 0 Å². The molecular formula is C7H7N2O3. The van der Waals surface area contributed by atoms with Crippen LogP contribution in [0.5, 0.6) is 5.75 Å². The van der Waals surface area contributed by atoms with Crippen LogP contribution >= 0.6 is 0 Å². The Morgan fingerprint density at radius 3 is 2.92 bits per heavy atom. The standard InChI is InChI=1S/C7H7N2O3/c1-12-5-3-2-4-9(11)6(5)7(8)10/h2,4H,1H3,(H2,8,10). The Morgan fingerprint density at radius 2 is 2.50 bits per heavy atom. The van der Waals surface area contributed by atoms with Gasteiger partial charge in [0.15, 0.2) is 6.20 Å². The Bertz CT molecular complexity index is 312. The molecule has 0 fully saturated rings. The zero-order valence-corrected chi connectivity index (χ0v) is 6.40. The van der Waals surface area contributed by atoms with Crippen molar-refractivity contribution in [1.29, 1.82) is 0 Å². The molecule has 0 saturated carbocycles. The fourth-order valence-electron chi connectivity index (χ4n) is 0.800. The number of carbonyl (C=O) groups excluding carboxylic acids is 1. The molecule has 1 aromatic rings. The largest absolute Gasteiger partial charge is 0.618 e. The van der Waals surface area contributed by atoms with Crippen LogP contribution in [0.2, 0.25) is 0 Å². The van der Waals surface area contributed by atoms with Gasteiger partial charge in [-0.3, -0.25) is 4.79 Å². The summed E-state index contributed by atoms with van der Waals surface area (Å²) in [6, 6.07) is 3.91. The molecule has 1 heterocycles. The Kier molecular flexibility index (Phi) is 2.14. The van der Waals surface area contributed by atoms with Crippen molar-refractivity contribution in [3.63, 3.8) is 0 Å². The first-order valence-electron chi connectivity index (χ1n) is 3.14. The van der Waals surface area contributed by atoms with E-state index in [9.17, 15) is 10.0 Å². The minimum Gasteiger partial charge on any atom is -0.618 e. The second-order valence-electron chi connectivity index (χ2n) is 2.03. The van der Waals surface area contributed by atoms with E-state index < -0.39 is 5.91 Å². The number of amides is 1. The number of methoxy groups -OCH3 is 1. The summed E-state index contributed by atoms with van der Waals surface area (Å²) in [5.74, 6) is -0.779. The van der Waals surface area contributed by atoms with Gasteiger partial charge in [-0.05, 0) is 0 Å². The molecule has 12 heavy (non-hydrogen) atoms. The summed E-state index contributed by atoms with van der Waals surface area (Å²) in [5.41, 5.74) is 4.70. The summed E-state index contributed by atoms with van der Waals surface area (Å²) in [5, 5.41) is 11.0. The SMILES string of the molecule is COc1[c]cc[n+]([O-])c1C(N)=O. The molecule has 0 saturated heterocycles. The van der Waals surface area contributed by atoms with Crippen LogP contribution in [0.3, 0.4) is 0 Å². The van der Waals surface area contributed by atoms with E-state index in [0.29, 0.717) is 4.73 Å². The number of nitrogens with zero attached hydrogens (tertiary/aromatic N) is 1. The van der Waals surface area contributed by atoms with Gasteiger partial charge in [0.05, 0.1) is 7.11 Å². The molecule has 5 heteroatoms. The maximum Gasteiger partial charge on any atom is 0.324 e. The van der Waals surface area contributed by atoms with Gasteiger partial charge in [-0.25, -0.2) is 0 Å².